The molecule has 0 N–H and O–H groups in total. The molecular formula is C33H48O2Si2. The van der Waals surface area contributed by atoms with Gasteiger partial charge in [0.1, 0.15) is 12.2 Å². The molecule has 200 valence electrons. The van der Waals surface area contributed by atoms with E-state index in [0.717, 1.165) is 18.4 Å². The number of benzene rings is 2. The first-order valence-electron chi connectivity index (χ1n) is 13.5. The molecule has 3 unspecified atom stereocenters. The summed E-state index contributed by atoms with van der Waals surface area (Å²) >= 11 is 0. The van der Waals surface area contributed by atoms with Crippen molar-refractivity contribution < 1.29 is 8.85 Å². The molecule has 2 rings (SSSR count). The summed E-state index contributed by atoms with van der Waals surface area (Å²) in [5.41, 5.74) is 2.39. The Bertz CT molecular complexity index is 1070. The van der Waals surface area contributed by atoms with Crippen molar-refractivity contribution in [3.63, 3.8) is 0 Å². The van der Waals surface area contributed by atoms with Crippen LogP contribution in [0.1, 0.15) is 65.0 Å². The summed E-state index contributed by atoms with van der Waals surface area (Å²) in [6, 6.07) is 20.9. The Balaban J connectivity index is 2.46. The van der Waals surface area contributed by atoms with Gasteiger partial charge in [-0.15, -0.1) is 6.42 Å². The van der Waals surface area contributed by atoms with Crippen LogP contribution in [0.15, 0.2) is 60.7 Å². The van der Waals surface area contributed by atoms with Gasteiger partial charge in [-0.05, 0) is 60.2 Å². The largest absolute Gasteiger partial charge is 0.403 e. The van der Waals surface area contributed by atoms with Crippen molar-refractivity contribution in [1.82, 2.24) is 0 Å². The topological polar surface area (TPSA) is 18.5 Å². The predicted molar refractivity (Wildman–Crippen MR) is 165 cm³/mol. The van der Waals surface area contributed by atoms with Crippen LogP contribution in [0.5, 0.6) is 0 Å². The average molecular weight is 533 g/mol. The van der Waals surface area contributed by atoms with Gasteiger partial charge >= 0.3 is 0 Å². The van der Waals surface area contributed by atoms with E-state index in [1.54, 1.807) is 0 Å². The summed E-state index contributed by atoms with van der Waals surface area (Å²) in [6.45, 7) is 22.6. The van der Waals surface area contributed by atoms with E-state index in [9.17, 15) is 0 Å². The van der Waals surface area contributed by atoms with Crippen molar-refractivity contribution in [1.29, 1.82) is 0 Å². The molecule has 0 aliphatic rings. The minimum Gasteiger partial charge on any atom is -0.403 e. The van der Waals surface area contributed by atoms with Crippen molar-refractivity contribution in [2.75, 3.05) is 0 Å². The van der Waals surface area contributed by atoms with E-state index in [1.165, 1.54) is 5.56 Å². The zero-order valence-corrected chi connectivity index (χ0v) is 26.8. The Morgan fingerprint density at radius 3 is 1.70 bits per heavy atom. The zero-order chi connectivity index (χ0) is 27.9. The minimum absolute atomic E-state index is 0.0560. The third-order valence-corrected chi connectivity index (χ3v) is 17.0. The third kappa shape index (κ3) is 9.01. The van der Waals surface area contributed by atoms with E-state index in [2.05, 4.69) is 128 Å². The number of hydrogen-bond acceptors (Lipinski definition) is 2. The highest BCUT2D eigenvalue weighted by molar-refractivity contribution is 6.74. The molecule has 0 spiro atoms. The average Bonchev–Trinajstić information content (AvgIpc) is 2.81. The quantitative estimate of drug-likeness (QED) is 0.237. The second-order valence-electron chi connectivity index (χ2n) is 13.0. The molecule has 0 aromatic heterocycles. The predicted octanol–water partition coefficient (Wildman–Crippen LogP) is 8.82. The van der Waals surface area contributed by atoms with Crippen molar-refractivity contribution in [3.8, 4) is 24.2 Å². The molecule has 0 radical (unpaired) electrons. The van der Waals surface area contributed by atoms with Gasteiger partial charge in [0.25, 0.3) is 0 Å². The highest BCUT2D eigenvalue weighted by Gasteiger charge is 2.41. The fourth-order valence-electron chi connectivity index (χ4n) is 3.50. The highest BCUT2D eigenvalue weighted by Crippen LogP contribution is 2.40. The Kier molecular flexibility index (Phi) is 10.6. The molecule has 2 nitrogen and oxygen atoms in total. The van der Waals surface area contributed by atoms with E-state index in [1.807, 2.05) is 18.2 Å². The number of hydrogen-bond donors (Lipinski definition) is 0. The van der Waals surface area contributed by atoms with Gasteiger partial charge < -0.3 is 8.85 Å². The number of rotatable bonds is 9. The van der Waals surface area contributed by atoms with Gasteiger partial charge in [-0.2, -0.15) is 0 Å². The molecule has 2 aromatic rings. The summed E-state index contributed by atoms with van der Waals surface area (Å²) < 4.78 is 13.6. The van der Waals surface area contributed by atoms with Gasteiger partial charge in [-0.3, -0.25) is 0 Å². The summed E-state index contributed by atoms with van der Waals surface area (Å²) in [4.78, 5) is 0. The summed E-state index contributed by atoms with van der Waals surface area (Å²) in [6.07, 6.45) is 7.29. The molecule has 37 heavy (non-hydrogen) atoms. The Hall–Kier alpha value is -2.09. The van der Waals surface area contributed by atoms with Crippen LogP contribution in [-0.4, -0.2) is 28.8 Å². The number of aryl methyl sites for hydroxylation is 1. The monoisotopic (exact) mass is 532 g/mol. The summed E-state index contributed by atoms with van der Waals surface area (Å²) in [5, 5.41) is 0.158. The number of terminal acetylenes is 1. The lowest BCUT2D eigenvalue weighted by atomic mass is 9.94. The van der Waals surface area contributed by atoms with Crippen LogP contribution in [-0.2, 0) is 15.3 Å². The molecule has 0 fully saturated rings. The maximum atomic E-state index is 6.86. The Labute approximate surface area is 229 Å². The highest BCUT2D eigenvalue weighted by atomic mass is 28.4. The lowest BCUT2D eigenvalue weighted by molar-refractivity contribution is 0.217. The Morgan fingerprint density at radius 2 is 1.22 bits per heavy atom. The maximum absolute atomic E-state index is 6.86. The third-order valence-electron chi connectivity index (χ3n) is 8.03. The molecule has 4 heteroatoms. The second kappa shape index (κ2) is 12.6. The van der Waals surface area contributed by atoms with Crippen LogP contribution in [0, 0.1) is 24.2 Å². The van der Waals surface area contributed by atoms with Gasteiger partial charge in [0, 0.05) is 0 Å². The van der Waals surface area contributed by atoms with E-state index in [-0.39, 0.29) is 22.1 Å². The molecule has 2 aromatic carbocycles. The van der Waals surface area contributed by atoms with Crippen molar-refractivity contribution in [3.05, 3.63) is 71.8 Å². The molecule has 0 aliphatic heterocycles. The Morgan fingerprint density at radius 1 is 0.730 bits per heavy atom. The first-order chi connectivity index (χ1) is 17.1. The van der Waals surface area contributed by atoms with E-state index < -0.39 is 22.7 Å². The SMILES string of the molecule is C#CC(O[Si](C)(C)C(C)(C)C)C(C#CC(CCc1ccccc1)O[Si](C)(C)C(C)(C)C)c1ccccc1. The summed E-state index contributed by atoms with van der Waals surface area (Å²) in [5.74, 6) is 9.87. The standard InChI is InChI=1S/C33H48O2Si2/c1-12-31(35-37(10,11)33(5,6)7)30(28-21-17-14-18-22-28)26-25-29(34-36(8,9)32(2,3)4)24-23-27-19-15-13-16-20-27/h1,13-22,29-31H,23-24H2,2-11H3. The summed E-state index contributed by atoms with van der Waals surface area (Å²) in [7, 11) is -4.12. The van der Waals surface area contributed by atoms with Crippen LogP contribution in [0.2, 0.25) is 36.3 Å². The molecule has 0 aliphatic carbocycles. The smallest absolute Gasteiger partial charge is 0.193 e. The van der Waals surface area contributed by atoms with Gasteiger partial charge in [0.05, 0.1) is 5.92 Å². The normalized spacial score (nSPS) is 15.2. The first kappa shape index (κ1) is 31.1. The van der Waals surface area contributed by atoms with Crippen LogP contribution in [0.3, 0.4) is 0 Å². The molecule has 0 heterocycles. The zero-order valence-electron chi connectivity index (χ0n) is 24.8. The molecule has 3 atom stereocenters. The molecule has 0 saturated heterocycles. The molecule has 0 saturated carbocycles. The van der Waals surface area contributed by atoms with Crippen molar-refractivity contribution in [2.24, 2.45) is 0 Å². The van der Waals surface area contributed by atoms with E-state index in [0.29, 0.717) is 0 Å². The lowest BCUT2D eigenvalue weighted by Gasteiger charge is -2.39. The molecular weight excluding hydrogens is 485 g/mol. The van der Waals surface area contributed by atoms with Gasteiger partial charge in [0.2, 0.25) is 0 Å². The minimum atomic E-state index is -2.10. The molecule has 0 bridgehead atoms. The van der Waals surface area contributed by atoms with E-state index in [4.69, 9.17) is 15.3 Å². The van der Waals surface area contributed by atoms with Crippen LogP contribution >= 0.6 is 0 Å². The fourth-order valence-corrected chi connectivity index (χ4v) is 5.94. The van der Waals surface area contributed by atoms with Gasteiger partial charge in [0.15, 0.2) is 16.6 Å². The first-order valence-corrected chi connectivity index (χ1v) is 19.3. The van der Waals surface area contributed by atoms with Crippen LogP contribution < -0.4 is 0 Å². The van der Waals surface area contributed by atoms with Crippen molar-refractivity contribution in [2.45, 2.75) is 109 Å². The van der Waals surface area contributed by atoms with Crippen LogP contribution in [0.25, 0.3) is 0 Å². The fraction of sp³-hybridized carbons (Fsp3) is 0.515. The van der Waals surface area contributed by atoms with Gasteiger partial charge in [-0.25, -0.2) is 0 Å². The van der Waals surface area contributed by atoms with Gasteiger partial charge in [-0.1, -0.05) is 120 Å². The second-order valence-corrected chi connectivity index (χ2v) is 22.5. The van der Waals surface area contributed by atoms with Crippen LogP contribution in [0.4, 0.5) is 0 Å². The molecule has 0 amide bonds. The maximum Gasteiger partial charge on any atom is 0.193 e. The lowest BCUT2D eigenvalue weighted by Crippen LogP contribution is -2.45. The van der Waals surface area contributed by atoms with E-state index >= 15 is 0 Å². The van der Waals surface area contributed by atoms with Crippen molar-refractivity contribution >= 4 is 16.6 Å².